The molecule has 1 aromatic rings. The lowest BCUT2D eigenvalue weighted by atomic mass is 10.2. The highest BCUT2D eigenvalue weighted by atomic mass is 35.5. The van der Waals surface area contributed by atoms with Crippen molar-refractivity contribution in [1.82, 2.24) is 4.98 Å². The minimum atomic E-state index is -4.40. The predicted molar refractivity (Wildman–Crippen MR) is 63.8 cm³/mol. The number of thioether (sulfide) groups is 1. The van der Waals surface area contributed by atoms with E-state index in [4.69, 9.17) is 11.6 Å². The first-order chi connectivity index (χ1) is 7.98. The second-order valence-corrected chi connectivity index (χ2v) is 5.26. The Hall–Kier alpha value is -0.620. The largest absolute Gasteiger partial charge is 0.417 e. The van der Waals surface area contributed by atoms with Crippen molar-refractivity contribution in [3.05, 3.63) is 22.8 Å². The van der Waals surface area contributed by atoms with Gasteiger partial charge in [0.15, 0.2) is 0 Å². The molecule has 1 aliphatic rings. The van der Waals surface area contributed by atoms with Crippen molar-refractivity contribution < 1.29 is 13.2 Å². The average molecular weight is 283 g/mol. The molecular formula is C10H10ClF3N2S. The highest BCUT2D eigenvalue weighted by Gasteiger charge is 2.32. The number of halogens is 4. The number of aromatic nitrogens is 1. The van der Waals surface area contributed by atoms with Gasteiger partial charge in [0, 0.05) is 30.8 Å². The van der Waals surface area contributed by atoms with Gasteiger partial charge in [0.2, 0.25) is 0 Å². The SMILES string of the molecule is FC(F)(F)c1cnc(N2CCSCC2)c(Cl)c1. The molecule has 0 spiro atoms. The van der Waals surface area contributed by atoms with E-state index in [1.165, 1.54) is 0 Å². The first-order valence-electron chi connectivity index (χ1n) is 5.04. The van der Waals surface area contributed by atoms with Gasteiger partial charge in [0.05, 0.1) is 10.6 Å². The molecule has 0 atom stereocenters. The number of nitrogens with zero attached hydrogens (tertiary/aromatic N) is 2. The second kappa shape index (κ2) is 4.94. The van der Waals surface area contributed by atoms with Crippen LogP contribution in [0.2, 0.25) is 5.02 Å². The van der Waals surface area contributed by atoms with Gasteiger partial charge in [-0.25, -0.2) is 4.98 Å². The Labute approximate surface area is 106 Å². The molecule has 1 fully saturated rings. The van der Waals surface area contributed by atoms with Crippen LogP contribution in [0.4, 0.5) is 19.0 Å². The summed E-state index contributed by atoms with van der Waals surface area (Å²) in [4.78, 5) is 5.75. The van der Waals surface area contributed by atoms with Crippen LogP contribution in [0.3, 0.4) is 0 Å². The monoisotopic (exact) mass is 282 g/mol. The summed E-state index contributed by atoms with van der Waals surface area (Å²) in [5.41, 5.74) is -0.808. The average Bonchev–Trinajstić information content (AvgIpc) is 2.29. The lowest BCUT2D eigenvalue weighted by molar-refractivity contribution is -0.137. The smallest absolute Gasteiger partial charge is 0.354 e. The van der Waals surface area contributed by atoms with Crippen LogP contribution in [0.25, 0.3) is 0 Å². The lowest BCUT2D eigenvalue weighted by Crippen LogP contribution is -2.33. The molecule has 0 N–H and O–H groups in total. The Bertz CT molecular complexity index is 405. The third-order valence-corrected chi connectivity index (χ3v) is 3.68. The van der Waals surface area contributed by atoms with Gasteiger partial charge >= 0.3 is 6.18 Å². The van der Waals surface area contributed by atoms with E-state index in [2.05, 4.69) is 4.98 Å². The van der Waals surface area contributed by atoms with Crippen molar-refractivity contribution in [2.75, 3.05) is 29.5 Å². The van der Waals surface area contributed by atoms with Gasteiger partial charge in [-0.1, -0.05) is 11.6 Å². The van der Waals surface area contributed by atoms with Crippen LogP contribution >= 0.6 is 23.4 Å². The Kier molecular flexibility index (Phi) is 3.73. The summed E-state index contributed by atoms with van der Waals surface area (Å²) in [5.74, 6) is 2.33. The molecule has 0 radical (unpaired) electrons. The molecule has 0 unspecified atom stereocenters. The molecule has 0 bridgehead atoms. The van der Waals surface area contributed by atoms with E-state index in [-0.39, 0.29) is 5.02 Å². The molecule has 0 aromatic carbocycles. The third kappa shape index (κ3) is 2.98. The highest BCUT2D eigenvalue weighted by molar-refractivity contribution is 7.99. The van der Waals surface area contributed by atoms with Gasteiger partial charge in [-0.2, -0.15) is 24.9 Å². The maximum atomic E-state index is 12.4. The fourth-order valence-electron chi connectivity index (χ4n) is 1.59. The van der Waals surface area contributed by atoms with E-state index in [0.29, 0.717) is 5.82 Å². The van der Waals surface area contributed by atoms with Gasteiger partial charge in [-0.05, 0) is 6.07 Å². The summed E-state index contributed by atoms with van der Waals surface area (Å²) in [5, 5.41) is 0.0618. The summed E-state index contributed by atoms with van der Waals surface area (Å²) in [6.45, 7) is 1.53. The highest BCUT2D eigenvalue weighted by Crippen LogP contribution is 2.33. The standard InChI is InChI=1S/C10H10ClF3N2S/c11-8-5-7(10(12,13)14)6-15-9(8)16-1-3-17-4-2-16/h5-6H,1-4H2. The van der Waals surface area contributed by atoms with E-state index in [1.807, 2.05) is 16.7 Å². The van der Waals surface area contributed by atoms with E-state index >= 15 is 0 Å². The molecule has 17 heavy (non-hydrogen) atoms. The Morgan fingerprint density at radius 1 is 1.29 bits per heavy atom. The lowest BCUT2D eigenvalue weighted by Gasteiger charge is -2.28. The summed E-state index contributed by atoms with van der Waals surface area (Å²) < 4.78 is 37.3. The van der Waals surface area contributed by atoms with Gasteiger partial charge in [0.1, 0.15) is 5.82 Å². The molecule has 0 amide bonds. The number of hydrogen-bond donors (Lipinski definition) is 0. The summed E-state index contributed by atoms with van der Waals surface area (Å²) >= 11 is 7.67. The molecule has 1 saturated heterocycles. The second-order valence-electron chi connectivity index (χ2n) is 3.63. The normalized spacial score (nSPS) is 17.3. The zero-order valence-corrected chi connectivity index (χ0v) is 10.4. The van der Waals surface area contributed by atoms with Crippen molar-refractivity contribution in [1.29, 1.82) is 0 Å². The number of alkyl halides is 3. The van der Waals surface area contributed by atoms with Crippen LogP contribution < -0.4 is 4.90 Å². The summed E-state index contributed by atoms with van der Waals surface area (Å²) in [6.07, 6.45) is -3.56. The number of hydrogen-bond acceptors (Lipinski definition) is 3. The van der Waals surface area contributed by atoms with Gasteiger partial charge in [0.25, 0.3) is 0 Å². The Balaban J connectivity index is 2.25. The van der Waals surface area contributed by atoms with Crippen molar-refractivity contribution in [2.24, 2.45) is 0 Å². The van der Waals surface area contributed by atoms with E-state index < -0.39 is 11.7 Å². The Morgan fingerprint density at radius 3 is 2.47 bits per heavy atom. The summed E-state index contributed by atoms with van der Waals surface area (Å²) in [7, 11) is 0. The van der Waals surface area contributed by atoms with Crippen LogP contribution in [0.5, 0.6) is 0 Å². The van der Waals surface area contributed by atoms with E-state index in [9.17, 15) is 13.2 Å². The number of rotatable bonds is 1. The van der Waals surface area contributed by atoms with Crippen molar-refractivity contribution >= 4 is 29.2 Å². The Morgan fingerprint density at radius 2 is 1.94 bits per heavy atom. The molecule has 2 rings (SSSR count). The minimum absolute atomic E-state index is 0.0618. The third-order valence-electron chi connectivity index (χ3n) is 2.46. The first-order valence-corrected chi connectivity index (χ1v) is 6.57. The molecule has 0 saturated carbocycles. The van der Waals surface area contributed by atoms with Crippen LogP contribution in [-0.4, -0.2) is 29.6 Å². The zero-order valence-electron chi connectivity index (χ0n) is 8.80. The molecule has 7 heteroatoms. The van der Waals surface area contributed by atoms with Crippen molar-refractivity contribution in [3.8, 4) is 0 Å². The molecule has 1 aromatic heterocycles. The van der Waals surface area contributed by atoms with E-state index in [0.717, 1.165) is 36.9 Å². The molecular weight excluding hydrogens is 273 g/mol. The maximum Gasteiger partial charge on any atom is 0.417 e. The quantitative estimate of drug-likeness (QED) is 0.786. The van der Waals surface area contributed by atoms with Crippen LogP contribution in [-0.2, 0) is 6.18 Å². The van der Waals surface area contributed by atoms with Gasteiger partial charge < -0.3 is 4.90 Å². The van der Waals surface area contributed by atoms with Gasteiger partial charge in [-0.15, -0.1) is 0 Å². The van der Waals surface area contributed by atoms with Crippen LogP contribution in [0, 0.1) is 0 Å². The zero-order chi connectivity index (χ0) is 12.5. The van der Waals surface area contributed by atoms with Gasteiger partial charge in [-0.3, -0.25) is 0 Å². The molecule has 1 aliphatic heterocycles. The minimum Gasteiger partial charge on any atom is -0.354 e. The van der Waals surface area contributed by atoms with Crippen LogP contribution in [0.1, 0.15) is 5.56 Å². The molecule has 94 valence electrons. The predicted octanol–water partition coefficient (Wildman–Crippen LogP) is 3.31. The van der Waals surface area contributed by atoms with E-state index in [1.54, 1.807) is 0 Å². The first kappa shape index (κ1) is 12.8. The molecule has 2 nitrogen and oxygen atoms in total. The fraction of sp³-hybridized carbons (Fsp3) is 0.500. The fourth-order valence-corrected chi connectivity index (χ4v) is 2.78. The maximum absolute atomic E-state index is 12.4. The van der Waals surface area contributed by atoms with Crippen LogP contribution in [0.15, 0.2) is 12.3 Å². The number of anilines is 1. The molecule has 0 aliphatic carbocycles. The summed E-state index contributed by atoms with van der Waals surface area (Å²) in [6, 6.07) is 0.936. The molecule has 2 heterocycles. The van der Waals surface area contributed by atoms with Crippen molar-refractivity contribution in [2.45, 2.75) is 6.18 Å². The number of pyridine rings is 1. The topological polar surface area (TPSA) is 16.1 Å². The van der Waals surface area contributed by atoms with Crippen molar-refractivity contribution in [3.63, 3.8) is 0 Å².